The van der Waals surface area contributed by atoms with Crippen LogP contribution in [0.1, 0.15) is 145 Å². The van der Waals surface area contributed by atoms with Gasteiger partial charge in [-0.25, -0.2) is 4.79 Å². The number of nitriles is 1. The van der Waals surface area contributed by atoms with Gasteiger partial charge in [0, 0.05) is 44.6 Å². The van der Waals surface area contributed by atoms with E-state index < -0.39 is 52.6 Å². The van der Waals surface area contributed by atoms with Crippen LogP contribution in [0.3, 0.4) is 0 Å². The van der Waals surface area contributed by atoms with E-state index in [2.05, 4.69) is 174 Å². The number of carboxylic acids is 1. The molecule has 3 saturated heterocycles. The smallest absolute Gasteiger partial charge is 1.00 e. The topological polar surface area (TPSA) is 299 Å². The molecule has 2 N–H and O–H groups in total. The van der Waals surface area contributed by atoms with Crippen LogP contribution in [0.25, 0.3) is 0 Å². The molecular weight excluding hydrogens is 1770 g/mol. The second kappa shape index (κ2) is 54.0. The van der Waals surface area contributed by atoms with E-state index >= 15 is 0 Å². The number of aliphatic hydroxyl groups excluding tert-OH is 2. The molecule has 21 nitrogen and oxygen atoms in total. The third-order valence-electron chi connectivity index (χ3n) is 16.6. The molecule has 9 rings (SSSR count). The summed E-state index contributed by atoms with van der Waals surface area (Å²) in [5, 5.41) is 34.9. The molecule has 3 aliphatic rings. The molecule has 3 heterocycles. The fourth-order valence-electron chi connectivity index (χ4n) is 9.38. The van der Waals surface area contributed by atoms with Crippen molar-refractivity contribution in [3.8, 4) is 6.07 Å². The van der Waals surface area contributed by atoms with E-state index in [0.717, 1.165) is 72.3 Å². The molecule has 30 heteroatoms. The number of benzene rings is 6. The van der Waals surface area contributed by atoms with Crippen molar-refractivity contribution in [2.45, 2.75) is 149 Å². The number of aliphatic carboxylic acids is 1. The van der Waals surface area contributed by atoms with Crippen LogP contribution in [0.5, 0.6) is 0 Å². The van der Waals surface area contributed by atoms with Crippen LogP contribution in [-0.4, -0.2) is 167 Å². The summed E-state index contributed by atoms with van der Waals surface area (Å²) < 4.78 is 56.4. The number of rotatable bonds is 20. The van der Waals surface area contributed by atoms with E-state index in [9.17, 15) is 28.8 Å². The number of hydrogen-bond acceptors (Lipinski definition) is 21. The molecule has 0 amide bonds. The number of nitrogens with zero attached hydrogens (tertiary/aromatic N) is 1. The van der Waals surface area contributed by atoms with Gasteiger partial charge in [0.15, 0.2) is 34.8 Å². The molecule has 0 bridgehead atoms. The SMILES string of the molecule is CC(=O)[O-].CC(CO)(CO)c1ccc(Br)cc1.CC1(c2ccc(B3OC(C)(C)C(C)(C)O3)cc2)COC1.CC1(c2ccc(Br)cc2)COC1.CCOC(=O)C#N.CCOC(=O)C(C(=O)OCC)c1ccc(Br)cc1.CCOC(=O)C(C)(C(=O)OCC)c1ccc(Br)cc1.CCOC(=O)Cc1ccc(Br)cc1.[AlH3].[H-].[K+].[Li+]. The maximum absolute atomic E-state index is 12.1. The Morgan fingerprint density at radius 3 is 1.14 bits per heavy atom. The zero-order chi connectivity index (χ0) is 80.1. The van der Waals surface area contributed by atoms with Crippen molar-refractivity contribution in [1.82, 2.24) is 0 Å². The number of ether oxygens (including phenoxy) is 8. The molecule has 6 aromatic carbocycles. The van der Waals surface area contributed by atoms with Crippen molar-refractivity contribution >= 4 is 151 Å². The van der Waals surface area contributed by atoms with Gasteiger partial charge in [0.1, 0.15) is 0 Å². The number of aliphatic hydroxyl groups is 2. The van der Waals surface area contributed by atoms with Gasteiger partial charge in [0.25, 0.3) is 0 Å². The average Bonchev–Trinajstić information content (AvgIpc) is 1.68. The van der Waals surface area contributed by atoms with Gasteiger partial charge in [-0.3, -0.25) is 24.0 Å². The number of hydrogen-bond donors (Lipinski definition) is 2. The van der Waals surface area contributed by atoms with E-state index in [4.69, 9.17) is 67.8 Å². The summed E-state index contributed by atoms with van der Waals surface area (Å²) in [6, 6.07) is 47.5. The van der Waals surface area contributed by atoms with Gasteiger partial charge in [-0.2, -0.15) is 5.26 Å². The van der Waals surface area contributed by atoms with Gasteiger partial charge in [-0.15, -0.1) is 0 Å². The van der Waals surface area contributed by atoms with E-state index in [1.54, 1.807) is 90.1 Å². The summed E-state index contributed by atoms with van der Waals surface area (Å²) in [5.41, 5.74) is 4.69. The van der Waals surface area contributed by atoms with Gasteiger partial charge in [0.2, 0.25) is 0 Å². The van der Waals surface area contributed by atoms with Crippen molar-refractivity contribution in [1.29, 1.82) is 5.26 Å². The van der Waals surface area contributed by atoms with E-state index in [0.29, 0.717) is 24.2 Å². The van der Waals surface area contributed by atoms with Crippen molar-refractivity contribution in [3.05, 3.63) is 201 Å². The van der Waals surface area contributed by atoms with Gasteiger partial charge in [0.05, 0.1) is 96.9 Å². The fraction of sp³-hybridized carbons (Fsp3) is 0.443. The van der Waals surface area contributed by atoms with Crippen LogP contribution >= 0.6 is 79.6 Å². The predicted molar refractivity (Wildman–Crippen MR) is 432 cm³/mol. The normalized spacial score (nSPS) is 13.9. The van der Waals surface area contributed by atoms with Crippen LogP contribution in [0.4, 0.5) is 0 Å². The summed E-state index contributed by atoms with van der Waals surface area (Å²) in [5.74, 6) is -5.46. The zero-order valence-corrected chi connectivity index (χ0v) is 75.8. The third kappa shape index (κ3) is 36.2. The summed E-state index contributed by atoms with van der Waals surface area (Å²) in [6.45, 7) is 32.2. The Balaban J connectivity index is -0.00000122. The van der Waals surface area contributed by atoms with Crippen LogP contribution < -0.4 is 80.8 Å². The first kappa shape index (κ1) is 107. The van der Waals surface area contributed by atoms with Crippen LogP contribution in [0, 0.1) is 11.3 Å². The van der Waals surface area contributed by atoms with Crippen LogP contribution in [-0.2, 0) is 109 Å². The Bertz CT molecular complexity index is 3690. The maximum atomic E-state index is 12.1. The first-order chi connectivity index (χ1) is 49.9. The van der Waals surface area contributed by atoms with Gasteiger partial charge < -0.3 is 68.7 Å². The Hall–Kier alpha value is -3.91. The molecule has 0 radical (unpaired) electrons. The number of carbonyl (C=O) groups is 7. The molecular formula is C79H102AlBBr5KLiNO20. The molecule has 586 valence electrons. The number of carboxylic acid groups (broad SMARTS) is 1. The molecule has 0 aliphatic carbocycles. The number of carbonyl (C=O) groups excluding carboxylic acids is 7. The second-order valence-corrected chi connectivity index (χ2v) is 30.3. The zero-order valence-electron chi connectivity index (χ0n) is 65.8. The monoisotopic (exact) mass is 1860 g/mol. The largest absolute Gasteiger partial charge is 1.00 e. The molecule has 3 fully saturated rings. The Labute approximate surface area is 751 Å². The molecule has 109 heavy (non-hydrogen) atoms. The standard InChI is InChI=1S/C16H23BO3.C14H17BrO4.C13H15BrO4.C10H13BrO2.C10H11BrO2.C10H11BrO.C4H5NO2.C2H4O2.Al.K.Li.4H/c1-14(2)15(3,4)20-17(19-14)13-8-6-12(7-9-13)16(5)10-18-11-16;1-4-18-12(16)14(3,13(17)19-5-2)10-6-8-11(15)9-7-10;1-3-17-12(15)11(13(16)18-4-2)9-5-7-10(14)8-6-9;1-10(6-12,7-13)8-2-4-9(11)5-3-8;1-2-13-10(12)7-8-3-5-9(11)6-4-8;1-10(6-12-7-10)8-2-4-9(11)5-3-8;1-2-7-4(6)3-5;1-2(3)4;;;;;;;/h6-9H,10-11H2,1-5H3;6-9H,4-5H2,1-3H3;5-8,11H,3-4H2,1-2H3;2-5,12-13H,6-7H2,1H3;3-6H,2,7H2,1H3;2-5H,6-7H2,1H3;2H2,1H3;1H3,(H,3,4);;;;;;;/q;;;;;;;;;2*+1;;;;-1/p-1. The molecule has 0 spiro atoms. The van der Waals surface area contributed by atoms with Crippen molar-refractivity contribution in [2.24, 2.45) is 0 Å². The minimum atomic E-state index is -1.44. The molecule has 0 unspecified atom stereocenters. The second-order valence-electron chi connectivity index (χ2n) is 25.7. The van der Waals surface area contributed by atoms with Crippen molar-refractivity contribution in [3.63, 3.8) is 0 Å². The summed E-state index contributed by atoms with van der Waals surface area (Å²) in [7, 11) is -0.278. The quantitative estimate of drug-likeness (QED) is 0.0270. The van der Waals surface area contributed by atoms with Crippen LogP contribution in [0.2, 0.25) is 0 Å². The molecule has 0 atom stereocenters. The van der Waals surface area contributed by atoms with E-state index in [-0.39, 0.29) is 170 Å². The van der Waals surface area contributed by atoms with Gasteiger partial charge in [-0.05, 0) is 183 Å². The third-order valence-corrected chi connectivity index (χ3v) is 19.2. The summed E-state index contributed by atoms with van der Waals surface area (Å²) in [4.78, 5) is 77.7. The maximum Gasteiger partial charge on any atom is 1.00 e. The molecule has 3 aliphatic heterocycles. The predicted octanol–water partition coefficient (Wildman–Crippen LogP) is 6.51. The van der Waals surface area contributed by atoms with E-state index in [1.165, 1.54) is 24.1 Å². The van der Waals surface area contributed by atoms with E-state index in [1.807, 2.05) is 55.5 Å². The molecule has 0 saturated carbocycles. The van der Waals surface area contributed by atoms with Crippen molar-refractivity contribution in [2.75, 3.05) is 79.3 Å². The summed E-state index contributed by atoms with van der Waals surface area (Å²) in [6.07, 6.45) is 0.348. The number of esters is 6. The van der Waals surface area contributed by atoms with Crippen LogP contribution in [0.15, 0.2) is 168 Å². The minimum Gasteiger partial charge on any atom is -1.00 e. The minimum absolute atomic E-state index is 0. The average molecular weight is 1870 g/mol. The summed E-state index contributed by atoms with van der Waals surface area (Å²) >= 11 is 16.7. The first-order valence-electron chi connectivity index (χ1n) is 34.1. The number of halogens is 5. The van der Waals surface area contributed by atoms with Gasteiger partial charge >= 0.3 is 113 Å². The molecule has 6 aromatic rings. The molecule has 0 aromatic heterocycles. The van der Waals surface area contributed by atoms with Crippen molar-refractivity contribution < 1.29 is 168 Å². The first-order valence-corrected chi connectivity index (χ1v) is 38.0. The Kier molecular flexibility index (Phi) is 53.1. The fourth-order valence-corrected chi connectivity index (χ4v) is 10.7. The van der Waals surface area contributed by atoms with Gasteiger partial charge in [-0.1, -0.05) is 185 Å². The Morgan fingerprint density at radius 1 is 0.523 bits per heavy atom. The Morgan fingerprint density at radius 2 is 0.835 bits per heavy atom.